The third-order valence-corrected chi connectivity index (χ3v) is 5.51. The molecule has 5 nitrogen and oxygen atoms in total. The number of aromatic nitrogens is 2. The summed E-state index contributed by atoms with van der Waals surface area (Å²) in [7, 11) is 0. The third kappa shape index (κ3) is 5.98. The second-order valence-electron chi connectivity index (χ2n) is 6.84. The van der Waals surface area contributed by atoms with Gasteiger partial charge in [0.25, 0.3) is 0 Å². The van der Waals surface area contributed by atoms with Crippen LogP contribution >= 0.6 is 11.8 Å². The Balaban J connectivity index is 1.49. The molecule has 1 saturated carbocycles. The fraction of sp³-hybridized carbons (Fsp3) is 0.526. The van der Waals surface area contributed by atoms with Crippen molar-refractivity contribution in [2.45, 2.75) is 56.5 Å². The molecule has 0 atom stereocenters. The molecule has 0 radical (unpaired) electrons. The van der Waals surface area contributed by atoms with Crippen molar-refractivity contribution in [3.63, 3.8) is 0 Å². The first-order valence-electron chi connectivity index (χ1n) is 9.29. The lowest BCUT2D eigenvalue weighted by Gasteiger charge is -2.15. The van der Waals surface area contributed by atoms with Gasteiger partial charge in [-0.25, -0.2) is 0 Å². The van der Waals surface area contributed by atoms with Crippen molar-refractivity contribution in [3.05, 3.63) is 35.7 Å². The molecular weight excluding hydrogens is 391 g/mol. The van der Waals surface area contributed by atoms with Crippen LogP contribution in [0.1, 0.15) is 50.0 Å². The van der Waals surface area contributed by atoms with E-state index >= 15 is 0 Å². The zero-order chi connectivity index (χ0) is 20.0. The van der Waals surface area contributed by atoms with Crippen molar-refractivity contribution in [3.8, 4) is 11.4 Å². The maximum Gasteiger partial charge on any atom is 0.416 e. The van der Waals surface area contributed by atoms with Crippen LogP contribution in [0.2, 0.25) is 0 Å². The van der Waals surface area contributed by atoms with E-state index in [0.29, 0.717) is 5.75 Å². The molecule has 0 spiro atoms. The number of rotatable bonds is 6. The van der Waals surface area contributed by atoms with E-state index in [1.165, 1.54) is 36.7 Å². The van der Waals surface area contributed by atoms with Gasteiger partial charge in [0.1, 0.15) is 0 Å². The third-order valence-electron chi connectivity index (χ3n) is 4.60. The van der Waals surface area contributed by atoms with Gasteiger partial charge in [0.2, 0.25) is 17.6 Å². The fourth-order valence-electron chi connectivity index (χ4n) is 3.19. The van der Waals surface area contributed by atoms with E-state index in [1.807, 2.05) is 0 Å². The van der Waals surface area contributed by atoms with E-state index in [-0.39, 0.29) is 35.0 Å². The molecule has 1 heterocycles. The lowest BCUT2D eigenvalue weighted by atomic mass is 10.1. The maximum absolute atomic E-state index is 12.8. The molecule has 1 amide bonds. The van der Waals surface area contributed by atoms with Crippen LogP contribution in [0.3, 0.4) is 0 Å². The molecule has 28 heavy (non-hydrogen) atoms. The van der Waals surface area contributed by atoms with Gasteiger partial charge in [0.15, 0.2) is 0 Å². The van der Waals surface area contributed by atoms with E-state index in [9.17, 15) is 18.0 Å². The number of halogens is 3. The van der Waals surface area contributed by atoms with Crippen molar-refractivity contribution in [1.82, 2.24) is 15.5 Å². The highest BCUT2D eigenvalue weighted by atomic mass is 32.2. The van der Waals surface area contributed by atoms with Gasteiger partial charge in [-0.3, -0.25) is 4.79 Å². The molecule has 0 bridgehead atoms. The van der Waals surface area contributed by atoms with Gasteiger partial charge in [0, 0.05) is 11.6 Å². The number of benzene rings is 1. The number of carbonyl (C=O) groups is 1. The second-order valence-corrected chi connectivity index (χ2v) is 7.82. The molecule has 1 N–H and O–H groups in total. The van der Waals surface area contributed by atoms with Crippen molar-refractivity contribution < 1.29 is 22.5 Å². The van der Waals surface area contributed by atoms with Crippen LogP contribution in [0.15, 0.2) is 28.8 Å². The highest BCUT2D eigenvalue weighted by molar-refractivity contribution is 7.99. The lowest BCUT2D eigenvalue weighted by Crippen LogP contribution is -2.35. The molecule has 9 heteroatoms. The molecule has 152 valence electrons. The van der Waals surface area contributed by atoms with E-state index in [4.69, 9.17) is 4.52 Å². The Morgan fingerprint density at radius 2 is 1.96 bits per heavy atom. The van der Waals surface area contributed by atoms with Crippen molar-refractivity contribution in [1.29, 1.82) is 0 Å². The van der Waals surface area contributed by atoms with Crippen molar-refractivity contribution >= 4 is 17.7 Å². The average molecular weight is 413 g/mol. The minimum absolute atomic E-state index is 0.0190. The normalized spacial score (nSPS) is 16.0. The van der Waals surface area contributed by atoms with Gasteiger partial charge < -0.3 is 9.84 Å². The number of nitrogens with one attached hydrogen (secondary N) is 1. The number of nitrogens with zero attached hydrogens (tertiary/aromatic N) is 2. The highest BCUT2D eigenvalue weighted by Crippen LogP contribution is 2.31. The number of amides is 1. The summed E-state index contributed by atoms with van der Waals surface area (Å²) in [5.74, 6) is 0.959. The Morgan fingerprint density at radius 1 is 1.21 bits per heavy atom. The summed E-state index contributed by atoms with van der Waals surface area (Å²) in [5.41, 5.74) is -0.526. The number of carbonyl (C=O) groups excluding carboxylic acids is 1. The molecule has 1 aromatic heterocycles. The first-order chi connectivity index (χ1) is 13.4. The summed E-state index contributed by atoms with van der Waals surface area (Å²) in [5, 5.41) is 6.81. The van der Waals surface area contributed by atoms with Crippen LogP contribution in [0.25, 0.3) is 11.4 Å². The second kappa shape index (κ2) is 9.45. The van der Waals surface area contributed by atoms with Gasteiger partial charge in [-0.1, -0.05) is 43.0 Å². The van der Waals surface area contributed by atoms with Gasteiger partial charge in [-0.15, -0.1) is 11.8 Å². The molecule has 0 unspecified atom stereocenters. The summed E-state index contributed by atoms with van der Waals surface area (Å²) in [6, 6.07) is 5.04. The summed E-state index contributed by atoms with van der Waals surface area (Å²) in [4.78, 5) is 16.2. The molecule has 1 fully saturated rings. The first-order valence-corrected chi connectivity index (χ1v) is 10.4. The Morgan fingerprint density at radius 3 is 2.68 bits per heavy atom. The SMILES string of the molecule is O=C(CSCc1nc(-c2cccc(C(F)(F)F)c2)no1)NC1CCCCCC1. The van der Waals surface area contributed by atoms with Gasteiger partial charge in [-0.2, -0.15) is 18.2 Å². The molecule has 1 aliphatic carbocycles. The standard InChI is InChI=1S/C19H22F3N3O2S/c20-19(21,22)14-7-5-6-13(10-14)18-24-17(27-25-18)12-28-11-16(26)23-15-8-3-1-2-4-9-15/h5-7,10,15H,1-4,8-9,11-12H2,(H,23,26). The van der Waals surface area contributed by atoms with E-state index in [0.717, 1.165) is 37.8 Å². The quantitative estimate of drug-likeness (QED) is 0.687. The topological polar surface area (TPSA) is 68.0 Å². The zero-order valence-corrected chi connectivity index (χ0v) is 16.1. The predicted molar refractivity (Wildman–Crippen MR) is 101 cm³/mol. The smallest absolute Gasteiger partial charge is 0.353 e. The Kier molecular flexibility index (Phi) is 6.98. The Labute approximate surface area is 165 Å². The lowest BCUT2D eigenvalue weighted by molar-refractivity contribution is -0.137. The molecule has 2 aromatic rings. The summed E-state index contributed by atoms with van der Waals surface area (Å²) in [6.45, 7) is 0. The fourth-order valence-corrected chi connectivity index (χ4v) is 3.85. The van der Waals surface area contributed by atoms with Crippen LogP contribution in [-0.4, -0.2) is 27.8 Å². The number of alkyl halides is 3. The van der Waals surface area contributed by atoms with Gasteiger partial charge in [0.05, 0.1) is 17.1 Å². The van der Waals surface area contributed by atoms with Crippen LogP contribution in [0.4, 0.5) is 13.2 Å². The number of hydrogen-bond donors (Lipinski definition) is 1. The molecule has 1 aromatic carbocycles. The van der Waals surface area contributed by atoms with Crippen LogP contribution in [-0.2, 0) is 16.7 Å². The summed E-state index contributed by atoms with van der Waals surface area (Å²) < 4.78 is 43.5. The predicted octanol–water partition coefficient (Wildman–Crippen LogP) is 4.83. The average Bonchev–Trinajstić information content (AvgIpc) is 2.98. The van der Waals surface area contributed by atoms with E-state index in [1.54, 1.807) is 0 Å². The Bertz CT molecular complexity index is 787. The molecule has 1 aliphatic rings. The maximum atomic E-state index is 12.8. The number of thioether (sulfide) groups is 1. The molecule has 0 saturated heterocycles. The summed E-state index contributed by atoms with van der Waals surface area (Å²) >= 11 is 1.34. The van der Waals surface area contributed by atoms with Gasteiger partial charge >= 0.3 is 6.18 Å². The zero-order valence-electron chi connectivity index (χ0n) is 15.3. The minimum Gasteiger partial charge on any atom is -0.353 e. The molecule has 3 rings (SSSR count). The summed E-state index contributed by atoms with van der Waals surface area (Å²) in [6.07, 6.45) is 2.39. The van der Waals surface area contributed by atoms with E-state index in [2.05, 4.69) is 15.5 Å². The van der Waals surface area contributed by atoms with Crippen molar-refractivity contribution in [2.75, 3.05) is 5.75 Å². The minimum atomic E-state index is -4.43. The molecule has 0 aliphatic heterocycles. The van der Waals surface area contributed by atoms with Crippen LogP contribution < -0.4 is 5.32 Å². The monoisotopic (exact) mass is 413 g/mol. The van der Waals surface area contributed by atoms with Gasteiger partial charge in [-0.05, 0) is 25.0 Å². The Hall–Kier alpha value is -2.03. The number of hydrogen-bond acceptors (Lipinski definition) is 5. The first kappa shape index (κ1) is 20.7. The van der Waals surface area contributed by atoms with Crippen LogP contribution in [0.5, 0.6) is 0 Å². The highest BCUT2D eigenvalue weighted by Gasteiger charge is 2.30. The van der Waals surface area contributed by atoms with E-state index < -0.39 is 11.7 Å². The largest absolute Gasteiger partial charge is 0.416 e. The van der Waals surface area contributed by atoms with Crippen LogP contribution in [0, 0.1) is 0 Å². The van der Waals surface area contributed by atoms with Crippen molar-refractivity contribution in [2.24, 2.45) is 0 Å². The molecular formula is C19H22F3N3O2S.